The Balaban J connectivity index is 1.48. The van der Waals surface area contributed by atoms with Crippen molar-refractivity contribution in [1.29, 1.82) is 0 Å². The number of hydrogen-bond donors (Lipinski definition) is 1. The number of halogens is 2. The van der Waals surface area contributed by atoms with Gasteiger partial charge < -0.3 is 9.84 Å². The van der Waals surface area contributed by atoms with Gasteiger partial charge in [0.2, 0.25) is 6.23 Å². The fourth-order valence-electron chi connectivity index (χ4n) is 4.53. The van der Waals surface area contributed by atoms with Crippen LogP contribution < -0.4 is 4.74 Å². The molecule has 4 aromatic carbocycles. The molecule has 0 unspecified atom stereocenters. The van der Waals surface area contributed by atoms with Gasteiger partial charge in [-0.15, -0.1) is 0 Å². The average molecular weight is 506 g/mol. The van der Waals surface area contributed by atoms with Crippen LogP contribution in [0, 0.1) is 0 Å². The number of fused-ring (bicyclic) bond motifs is 4. The molecule has 0 aromatic heterocycles. The van der Waals surface area contributed by atoms with Crippen molar-refractivity contribution in [3.63, 3.8) is 0 Å². The van der Waals surface area contributed by atoms with Crippen LogP contribution in [0.5, 0.6) is 11.5 Å². The van der Waals surface area contributed by atoms with Gasteiger partial charge in [0.25, 0.3) is 0 Å². The predicted octanol–water partition coefficient (Wildman–Crippen LogP) is 7.20. The molecular formula is C26H18BrClN2O2. The van der Waals surface area contributed by atoms with E-state index in [4.69, 9.17) is 21.4 Å². The molecule has 0 aliphatic carbocycles. The van der Waals surface area contributed by atoms with Gasteiger partial charge in [0.05, 0.1) is 17.3 Å². The first-order valence-electron chi connectivity index (χ1n) is 10.4. The summed E-state index contributed by atoms with van der Waals surface area (Å²) < 4.78 is 7.22. The number of aromatic hydroxyl groups is 1. The third kappa shape index (κ3) is 3.24. The van der Waals surface area contributed by atoms with Gasteiger partial charge >= 0.3 is 0 Å². The molecule has 0 fully saturated rings. The van der Waals surface area contributed by atoms with Gasteiger partial charge in [0.1, 0.15) is 11.5 Å². The van der Waals surface area contributed by atoms with Crippen molar-refractivity contribution in [2.45, 2.75) is 18.7 Å². The van der Waals surface area contributed by atoms with E-state index in [2.05, 4.69) is 46.3 Å². The van der Waals surface area contributed by atoms with Crippen LogP contribution in [0.2, 0.25) is 5.02 Å². The Morgan fingerprint density at radius 3 is 2.66 bits per heavy atom. The smallest absolute Gasteiger partial charge is 0.217 e. The van der Waals surface area contributed by atoms with Crippen LogP contribution in [0.15, 0.2) is 88.4 Å². The summed E-state index contributed by atoms with van der Waals surface area (Å²) in [6.45, 7) is 0. The molecule has 6 rings (SSSR count). The Kier molecular flexibility index (Phi) is 4.63. The van der Waals surface area contributed by atoms with E-state index >= 15 is 0 Å². The van der Waals surface area contributed by atoms with Gasteiger partial charge in [-0.05, 0) is 58.8 Å². The molecule has 158 valence electrons. The van der Waals surface area contributed by atoms with Crippen LogP contribution in [0.3, 0.4) is 0 Å². The molecule has 0 saturated heterocycles. The lowest BCUT2D eigenvalue weighted by molar-refractivity contribution is -0.0203. The second-order valence-corrected chi connectivity index (χ2v) is 9.42. The minimum Gasteiger partial charge on any atom is -0.507 e. The van der Waals surface area contributed by atoms with Crippen molar-refractivity contribution in [2.24, 2.45) is 5.10 Å². The third-order valence-electron chi connectivity index (χ3n) is 6.09. The maximum atomic E-state index is 10.6. The highest BCUT2D eigenvalue weighted by Gasteiger charge is 2.42. The van der Waals surface area contributed by atoms with Gasteiger partial charge in [-0.3, -0.25) is 0 Å². The number of phenols is 1. The second-order valence-electron chi connectivity index (χ2n) is 8.06. The van der Waals surface area contributed by atoms with E-state index in [-0.39, 0.29) is 11.8 Å². The fourth-order valence-corrected chi connectivity index (χ4v) is 5.09. The van der Waals surface area contributed by atoms with Gasteiger partial charge in [0.15, 0.2) is 0 Å². The molecule has 0 amide bonds. The predicted molar refractivity (Wildman–Crippen MR) is 130 cm³/mol. The first-order valence-corrected chi connectivity index (χ1v) is 11.5. The minimum absolute atomic E-state index is 0.0395. The summed E-state index contributed by atoms with van der Waals surface area (Å²) in [6.07, 6.45) is 0.171. The highest BCUT2D eigenvalue weighted by molar-refractivity contribution is 9.10. The van der Waals surface area contributed by atoms with Crippen LogP contribution in [0.25, 0.3) is 10.8 Å². The summed E-state index contributed by atoms with van der Waals surface area (Å²) >= 11 is 9.84. The quantitative estimate of drug-likeness (QED) is 0.313. The highest BCUT2D eigenvalue weighted by Crippen LogP contribution is 2.49. The van der Waals surface area contributed by atoms with Gasteiger partial charge in [0, 0.05) is 21.5 Å². The van der Waals surface area contributed by atoms with E-state index in [9.17, 15) is 5.11 Å². The molecule has 2 atom stereocenters. The van der Waals surface area contributed by atoms with Gasteiger partial charge in [-0.25, -0.2) is 5.01 Å². The Bertz CT molecular complexity index is 1400. The third-order valence-corrected chi connectivity index (χ3v) is 6.82. The number of hydrogen-bond acceptors (Lipinski definition) is 4. The Labute approximate surface area is 198 Å². The topological polar surface area (TPSA) is 45.1 Å². The van der Waals surface area contributed by atoms with E-state index in [1.54, 1.807) is 12.1 Å². The van der Waals surface area contributed by atoms with Crippen LogP contribution in [-0.2, 0) is 0 Å². The summed E-state index contributed by atoms with van der Waals surface area (Å²) in [5.41, 5.74) is 3.73. The van der Waals surface area contributed by atoms with Gasteiger partial charge in [-0.2, -0.15) is 5.10 Å². The second kappa shape index (κ2) is 7.54. The molecule has 0 radical (unpaired) electrons. The summed E-state index contributed by atoms with van der Waals surface area (Å²) in [6, 6.07) is 25.7. The Morgan fingerprint density at radius 2 is 1.78 bits per heavy atom. The Morgan fingerprint density at radius 1 is 0.938 bits per heavy atom. The molecule has 4 aromatic rings. The van der Waals surface area contributed by atoms with E-state index in [0.717, 1.165) is 33.5 Å². The average Bonchev–Trinajstić information content (AvgIpc) is 3.26. The number of rotatable bonds is 2. The molecule has 2 aliphatic rings. The molecule has 0 saturated carbocycles. The van der Waals surface area contributed by atoms with Gasteiger partial charge in [-0.1, -0.05) is 63.9 Å². The minimum atomic E-state index is -0.552. The maximum Gasteiger partial charge on any atom is 0.217 e. The standard InChI is InChI=1S/C26H18BrClN2O2/c27-18-7-9-24(31)21(12-18)26-30-23(20-13-19(28)8-10-25(20)32-26)14-22(29-30)17-6-5-15-3-1-2-4-16(15)11-17/h1-13,23,26,31H,14H2/t23-,26+/m0/s1. The van der Waals surface area contributed by atoms with E-state index < -0.39 is 6.23 Å². The van der Waals surface area contributed by atoms with Crippen LogP contribution in [0.4, 0.5) is 0 Å². The lowest BCUT2D eigenvalue weighted by Gasteiger charge is -2.38. The van der Waals surface area contributed by atoms with E-state index in [1.165, 1.54) is 10.8 Å². The van der Waals surface area contributed by atoms with Crippen molar-refractivity contribution in [2.75, 3.05) is 0 Å². The molecule has 0 bridgehead atoms. The van der Waals surface area contributed by atoms with Crippen LogP contribution in [-0.4, -0.2) is 15.8 Å². The number of nitrogens with zero attached hydrogens (tertiary/aromatic N) is 2. The normalized spacial score (nSPS) is 19.3. The zero-order chi connectivity index (χ0) is 21.8. The van der Waals surface area contributed by atoms with Crippen molar-refractivity contribution in [3.8, 4) is 11.5 Å². The monoisotopic (exact) mass is 504 g/mol. The molecule has 2 heterocycles. The van der Waals surface area contributed by atoms with Crippen molar-refractivity contribution >= 4 is 44.0 Å². The number of benzene rings is 4. The Hall–Kier alpha value is -3.02. The molecule has 6 heteroatoms. The van der Waals surface area contributed by atoms with Crippen molar-refractivity contribution in [1.82, 2.24) is 5.01 Å². The molecule has 4 nitrogen and oxygen atoms in total. The summed E-state index contributed by atoms with van der Waals surface area (Å²) in [5.74, 6) is 0.929. The van der Waals surface area contributed by atoms with E-state index in [1.807, 2.05) is 41.4 Å². The lowest BCUT2D eigenvalue weighted by Crippen LogP contribution is -2.33. The molecule has 1 N–H and O–H groups in total. The first kappa shape index (κ1) is 19.6. The van der Waals surface area contributed by atoms with Crippen molar-refractivity contribution in [3.05, 3.63) is 105 Å². The highest BCUT2D eigenvalue weighted by atomic mass is 79.9. The molecule has 2 aliphatic heterocycles. The SMILES string of the molecule is Oc1ccc(Br)cc1[C@H]1Oc2ccc(Cl)cc2[C@@H]2CC(c3ccc4ccccc4c3)=NN12. The number of ether oxygens (including phenoxy) is 1. The lowest BCUT2D eigenvalue weighted by atomic mass is 9.95. The fraction of sp³-hybridized carbons (Fsp3) is 0.115. The molecule has 32 heavy (non-hydrogen) atoms. The maximum absolute atomic E-state index is 10.6. The zero-order valence-corrected chi connectivity index (χ0v) is 19.2. The molecular weight excluding hydrogens is 488 g/mol. The number of hydrazone groups is 1. The zero-order valence-electron chi connectivity index (χ0n) is 16.9. The van der Waals surface area contributed by atoms with Crippen LogP contribution >= 0.6 is 27.5 Å². The number of phenolic OH excluding ortho intramolecular Hbond substituents is 1. The summed E-state index contributed by atoms with van der Waals surface area (Å²) in [5, 5.41) is 20.6. The first-order chi connectivity index (χ1) is 15.6. The largest absolute Gasteiger partial charge is 0.507 e. The van der Waals surface area contributed by atoms with E-state index in [0.29, 0.717) is 10.6 Å². The summed E-state index contributed by atoms with van der Waals surface area (Å²) in [7, 11) is 0. The summed E-state index contributed by atoms with van der Waals surface area (Å²) in [4.78, 5) is 0. The van der Waals surface area contributed by atoms with Crippen molar-refractivity contribution < 1.29 is 9.84 Å². The van der Waals surface area contributed by atoms with Crippen LogP contribution in [0.1, 0.15) is 35.4 Å². The molecule has 0 spiro atoms.